The zero-order chi connectivity index (χ0) is 8.39. The number of nitrogens with zero attached hydrogens (tertiary/aromatic N) is 2. The fourth-order valence-electron chi connectivity index (χ4n) is 0.943. The quantitative estimate of drug-likeness (QED) is 0.730. The minimum Gasteiger partial charge on any atom is -0.389 e. The van der Waals surface area contributed by atoms with Crippen molar-refractivity contribution < 1.29 is 5.11 Å². The molecular formula is C7H11N3OS. The monoisotopic (exact) mass is 185 g/mol. The van der Waals surface area contributed by atoms with Gasteiger partial charge >= 0.3 is 0 Å². The number of nitrogens with one attached hydrogen (secondary N) is 1. The highest BCUT2D eigenvalue weighted by molar-refractivity contribution is 7.15. The van der Waals surface area contributed by atoms with E-state index in [1.165, 1.54) is 24.2 Å². The summed E-state index contributed by atoms with van der Waals surface area (Å²) in [6.07, 6.45) is 2.66. The third kappa shape index (κ3) is 1.92. The minimum atomic E-state index is -0.0111. The number of anilines is 1. The van der Waals surface area contributed by atoms with E-state index in [-0.39, 0.29) is 6.61 Å². The van der Waals surface area contributed by atoms with Gasteiger partial charge in [-0.1, -0.05) is 11.3 Å². The van der Waals surface area contributed by atoms with E-state index in [2.05, 4.69) is 15.5 Å². The van der Waals surface area contributed by atoms with Crippen LogP contribution in [0.2, 0.25) is 0 Å². The molecule has 0 saturated heterocycles. The molecule has 66 valence electrons. The summed E-state index contributed by atoms with van der Waals surface area (Å²) in [5.41, 5.74) is 0. The van der Waals surface area contributed by atoms with Crippen LogP contribution in [0.1, 0.15) is 17.8 Å². The zero-order valence-electron chi connectivity index (χ0n) is 6.66. The summed E-state index contributed by atoms with van der Waals surface area (Å²) in [6, 6.07) is 0. The van der Waals surface area contributed by atoms with Crippen molar-refractivity contribution in [3.8, 4) is 0 Å². The van der Waals surface area contributed by atoms with E-state index in [1.54, 1.807) is 0 Å². The summed E-state index contributed by atoms with van der Waals surface area (Å²) in [6.45, 7) is 0.989. The van der Waals surface area contributed by atoms with E-state index < -0.39 is 0 Å². The first-order valence-corrected chi connectivity index (χ1v) is 4.87. The van der Waals surface area contributed by atoms with Crippen LogP contribution >= 0.6 is 11.3 Å². The van der Waals surface area contributed by atoms with E-state index in [0.29, 0.717) is 5.01 Å². The molecule has 0 spiro atoms. The van der Waals surface area contributed by atoms with Crippen molar-refractivity contribution in [1.29, 1.82) is 0 Å². The van der Waals surface area contributed by atoms with Gasteiger partial charge in [0.2, 0.25) is 5.13 Å². The first kappa shape index (κ1) is 7.94. The van der Waals surface area contributed by atoms with Crippen LogP contribution in [-0.4, -0.2) is 21.8 Å². The van der Waals surface area contributed by atoms with Crippen molar-refractivity contribution in [3.63, 3.8) is 0 Å². The summed E-state index contributed by atoms with van der Waals surface area (Å²) < 4.78 is 0. The SMILES string of the molecule is OCc1nnc(NCC2CC2)s1. The highest BCUT2D eigenvalue weighted by Crippen LogP contribution is 2.29. The van der Waals surface area contributed by atoms with Crippen molar-refractivity contribution in [1.82, 2.24) is 10.2 Å². The first-order valence-electron chi connectivity index (χ1n) is 4.05. The Morgan fingerprint density at radius 3 is 2.92 bits per heavy atom. The molecular weight excluding hydrogens is 174 g/mol. The topological polar surface area (TPSA) is 58.0 Å². The van der Waals surface area contributed by atoms with Gasteiger partial charge in [-0.2, -0.15) is 0 Å². The molecule has 1 fully saturated rings. The van der Waals surface area contributed by atoms with Gasteiger partial charge in [0.05, 0.1) is 6.61 Å². The predicted molar refractivity (Wildman–Crippen MR) is 47.0 cm³/mol. The molecule has 0 amide bonds. The molecule has 2 N–H and O–H groups in total. The normalized spacial score (nSPS) is 16.4. The molecule has 1 saturated carbocycles. The van der Waals surface area contributed by atoms with E-state index >= 15 is 0 Å². The lowest BCUT2D eigenvalue weighted by atomic mass is 10.4. The Bertz CT molecular complexity index is 259. The lowest BCUT2D eigenvalue weighted by molar-refractivity contribution is 0.280. The molecule has 4 nitrogen and oxygen atoms in total. The first-order chi connectivity index (χ1) is 5.88. The fraction of sp³-hybridized carbons (Fsp3) is 0.714. The summed E-state index contributed by atoms with van der Waals surface area (Å²) in [4.78, 5) is 0. The number of aliphatic hydroxyl groups excluding tert-OH is 1. The number of rotatable bonds is 4. The van der Waals surface area contributed by atoms with Crippen molar-refractivity contribution in [2.24, 2.45) is 5.92 Å². The maximum absolute atomic E-state index is 8.72. The Labute approximate surface area is 74.6 Å². The molecule has 0 radical (unpaired) electrons. The Balaban J connectivity index is 1.84. The summed E-state index contributed by atoms with van der Waals surface area (Å²) in [5, 5.41) is 21.1. The Kier molecular flexibility index (Phi) is 2.23. The van der Waals surface area contributed by atoms with Gasteiger partial charge in [-0.25, -0.2) is 0 Å². The number of aliphatic hydroxyl groups is 1. The van der Waals surface area contributed by atoms with E-state index in [1.807, 2.05) is 0 Å². The second-order valence-corrected chi connectivity index (χ2v) is 4.05. The van der Waals surface area contributed by atoms with Gasteiger partial charge in [0, 0.05) is 6.54 Å². The van der Waals surface area contributed by atoms with Crippen molar-refractivity contribution in [2.75, 3.05) is 11.9 Å². The highest BCUT2D eigenvalue weighted by atomic mass is 32.1. The number of hydrogen-bond donors (Lipinski definition) is 2. The minimum absolute atomic E-state index is 0.0111. The molecule has 2 rings (SSSR count). The second kappa shape index (κ2) is 3.37. The third-order valence-corrected chi connectivity index (χ3v) is 2.71. The summed E-state index contributed by atoms with van der Waals surface area (Å²) in [5.74, 6) is 0.839. The van der Waals surface area contributed by atoms with E-state index in [9.17, 15) is 0 Å². The standard InChI is InChI=1S/C7H11N3OS/c11-4-6-9-10-7(12-6)8-3-5-1-2-5/h5,11H,1-4H2,(H,8,10). The van der Waals surface area contributed by atoms with Gasteiger partial charge < -0.3 is 10.4 Å². The third-order valence-electron chi connectivity index (χ3n) is 1.84. The van der Waals surface area contributed by atoms with Crippen molar-refractivity contribution in [3.05, 3.63) is 5.01 Å². The van der Waals surface area contributed by atoms with Crippen molar-refractivity contribution >= 4 is 16.5 Å². The maximum atomic E-state index is 8.72. The van der Waals surface area contributed by atoms with Gasteiger partial charge in [-0.3, -0.25) is 0 Å². The average molecular weight is 185 g/mol. The number of hydrogen-bond acceptors (Lipinski definition) is 5. The lowest BCUT2D eigenvalue weighted by Crippen LogP contribution is -2.02. The van der Waals surface area contributed by atoms with E-state index in [0.717, 1.165) is 17.6 Å². The largest absolute Gasteiger partial charge is 0.389 e. The molecule has 0 aromatic carbocycles. The van der Waals surface area contributed by atoms with Crippen LogP contribution in [0.5, 0.6) is 0 Å². The smallest absolute Gasteiger partial charge is 0.205 e. The van der Waals surface area contributed by atoms with E-state index in [4.69, 9.17) is 5.11 Å². The molecule has 0 atom stereocenters. The molecule has 5 heteroatoms. The van der Waals surface area contributed by atoms with Gasteiger partial charge in [-0.05, 0) is 18.8 Å². The number of aromatic nitrogens is 2. The van der Waals surface area contributed by atoms with Crippen LogP contribution in [0, 0.1) is 5.92 Å². The Morgan fingerprint density at radius 1 is 1.50 bits per heavy atom. The zero-order valence-corrected chi connectivity index (χ0v) is 7.47. The molecule has 0 unspecified atom stereocenters. The molecule has 0 aliphatic heterocycles. The molecule has 1 aliphatic rings. The fourth-order valence-corrected chi connectivity index (χ4v) is 1.55. The van der Waals surface area contributed by atoms with Crippen LogP contribution in [0.4, 0.5) is 5.13 Å². The Hall–Kier alpha value is -0.680. The second-order valence-electron chi connectivity index (χ2n) is 2.98. The predicted octanol–water partition coefficient (Wildman–Crippen LogP) is 0.852. The molecule has 1 aliphatic carbocycles. The van der Waals surface area contributed by atoms with Gasteiger partial charge in [0.15, 0.2) is 0 Å². The van der Waals surface area contributed by atoms with Gasteiger partial charge in [0.25, 0.3) is 0 Å². The molecule has 1 aromatic rings. The van der Waals surface area contributed by atoms with Gasteiger partial charge in [0.1, 0.15) is 5.01 Å². The maximum Gasteiger partial charge on any atom is 0.205 e. The van der Waals surface area contributed by atoms with Crippen LogP contribution in [0.3, 0.4) is 0 Å². The molecule has 12 heavy (non-hydrogen) atoms. The lowest BCUT2D eigenvalue weighted by Gasteiger charge is -1.96. The van der Waals surface area contributed by atoms with Crippen LogP contribution in [0.25, 0.3) is 0 Å². The molecule has 1 heterocycles. The summed E-state index contributed by atoms with van der Waals surface area (Å²) in [7, 11) is 0. The molecule has 1 aromatic heterocycles. The molecule has 0 bridgehead atoms. The Morgan fingerprint density at radius 2 is 2.33 bits per heavy atom. The van der Waals surface area contributed by atoms with Crippen LogP contribution < -0.4 is 5.32 Å². The van der Waals surface area contributed by atoms with Crippen LogP contribution in [0.15, 0.2) is 0 Å². The van der Waals surface area contributed by atoms with Crippen LogP contribution in [-0.2, 0) is 6.61 Å². The van der Waals surface area contributed by atoms with Gasteiger partial charge in [-0.15, -0.1) is 10.2 Å². The highest BCUT2D eigenvalue weighted by Gasteiger charge is 2.21. The van der Waals surface area contributed by atoms with Crippen molar-refractivity contribution in [2.45, 2.75) is 19.4 Å². The average Bonchev–Trinajstić information content (AvgIpc) is 2.81. The summed E-state index contributed by atoms with van der Waals surface area (Å²) >= 11 is 1.42.